The molecule has 0 unspecified atom stereocenters. The number of nitro groups is 1. The van der Waals surface area contributed by atoms with Gasteiger partial charge in [-0.2, -0.15) is 9.78 Å². The molecular weight excluding hydrogens is 416 g/mol. The molecule has 2 aromatic heterocycles. The minimum absolute atomic E-state index is 0.00444. The van der Waals surface area contributed by atoms with Gasteiger partial charge in [-0.25, -0.2) is 4.98 Å². The van der Waals surface area contributed by atoms with Crippen molar-refractivity contribution in [3.05, 3.63) is 85.2 Å². The first kappa shape index (κ1) is 18.8. The molecule has 4 aromatic rings. The lowest BCUT2D eigenvalue weighted by atomic mass is 10.1. The lowest BCUT2D eigenvalue weighted by Crippen LogP contribution is -2.16. The number of benzene rings is 2. The highest BCUT2D eigenvalue weighted by molar-refractivity contribution is 7.17. The minimum Gasteiger partial charge on any atom is -0.502 e. The Morgan fingerprint density at radius 2 is 2.03 bits per heavy atom. The van der Waals surface area contributed by atoms with Crippen LogP contribution in [-0.2, 0) is 0 Å². The summed E-state index contributed by atoms with van der Waals surface area (Å²) >= 11 is 7.22. The van der Waals surface area contributed by atoms with E-state index in [1.165, 1.54) is 23.7 Å². The van der Waals surface area contributed by atoms with Gasteiger partial charge in [-0.15, -0.1) is 11.3 Å². The summed E-state index contributed by atoms with van der Waals surface area (Å²) in [6, 6.07) is 11.8. The van der Waals surface area contributed by atoms with Gasteiger partial charge in [0.15, 0.2) is 0 Å². The van der Waals surface area contributed by atoms with Crippen molar-refractivity contribution >= 4 is 45.1 Å². The summed E-state index contributed by atoms with van der Waals surface area (Å²) in [7, 11) is 0. The second-order valence-corrected chi connectivity index (χ2v) is 7.25. The second kappa shape index (κ2) is 7.46. The number of hydrogen-bond donors (Lipinski definition) is 1. The van der Waals surface area contributed by atoms with Crippen LogP contribution in [0.3, 0.4) is 0 Å². The highest BCUT2D eigenvalue weighted by atomic mass is 35.5. The number of halogens is 1. The summed E-state index contributed by atoms with van der Waals surface area (Å²) in [6.45, 7) is 0. The van der Waals surface area contributed by atoms with Gasteiger partial charge < -0.3 is 5.11 Å². The zero-order valence-electron chi connectivity index (χ0n) is 14.5. The lowest BCUT2D eigenvalue weighted by molar-refractivity contribution is -0.385. The van der Waals surface area contributed by atoms with Crippen molar-refractivity contribution in [2.45, 2.75) is 0 Å². The maximum absolute atomic E-state index is 13.0. The second-order valence-electron chi connectivity index (χ2n) is 5.95. The van der Waals surface area contributed by atoms with Crippen LogP contribution >= 0.6 is 22.9 Å². The number of nitrogens with zero attached hydrogens (tertiary/aromatic N) is 4. The fraction of sp³-hybridized carbons (Fsp3) is 0. The van der Waals surface area contributed by atoms with Crippen molar-refractivity contribution < 1.29 is 10.0 Å². The van der Waals surface area contributed by atoms with Gasteiger partial charge in [-0.05, 0) is 11.6 Å². The molecule has 29 heavy (non-hydrogen) atoms. The van der Waals surface area contributed by atoms with Crippen LogP contribution in [0.4, 0.5) is 5.69 Å². The molecule has 0 radical (unpaired) electrons. The highest BCUT2D eigenvalue weighted by Gasteiger charge is 2.18. The molecule has 8 nitrogen and oxygen atoms in total. The van der Waals surface area contributed by atoms with Gasteiger partial charge in [-0.1, -0.05) is 41.9 Å². The Bertz CT molecular complexity index is 1330. The predicted octanol–water partition coefficient (Wildman–Crippen LogP) is 4.27. The fourth-order valence-corrected chi connectivity index (χ4v) is 3.93. The first-order valence-electron chi connectivity index (χ1n) is 8.21. The van der Waals surface area contributed by atoms with E-state index in [1.54, 1.807) is 0 Å². The van der Waals surface area contributed by atoms with Crippen molar-refractivity contribution in [2.75, 3.05) is 0 Å². The molecule has 144 valence electrons. The van der Waals surface area contributed by atoms with Crippen molar-refractivity contribution in [1.29, 1.82) is 0 Å². The molecule has 0 saturated heterocycles. The Balaban J connectivity index is 1.81. The highest BCUT2D eigenvalue weighted by Crippen LogP contribution is 2.32. The largest absolute Gasteiger partial charge is 0.502 e. The van der Waals surface area contributed by atoms with E-state index in [9.17, 15) is 20.0 Å². The number of fused-ring (bicyclic) bond motifs is 1. The predicted molar refractivity (Wildman–Crippen MR) is 112 cm³/mol. The SMILES string of the molecule is O=c1c2c(-c3ccccc3)csc2ncn1N=Cc1cc(Cl)cc([N+](=O)[O-])c1O. The first-order valence-corrected chi connectivity index (χ1v) is 9.47. The Hall–Kier alpha value is -3.56. The Labute approximate surface area is 172 Å². The van der Waals surface area contributed by atoms with E-state index in [2.05, 4.69) is 10.1 Å². The Morgan fingerprint density at radius 3 is 2.76 bits per heavy atom. The molecule has 0 atom stereocenters. The third-order valence-electron chi connectivity index (χ3n) is 4.16. The van der Waals surface area contributed by atoms with Crippen LogP contribution in [-0.4, -0.2) is 25.9 Å². The third-order valence-corrected chi connectivity index (χ3v) is 5.27. The molecule has 2 aromatic carbocycles. The van der Waals surface area contributed by atoms with Crippen molar-refractivity contribution in [1.82, 2.24) is 9.66 Å². The molecule has 0 spiro atoms. The zero-order valence-corrected chi connectivity index (χ0v) is 16.1. The molecule has 0 aliphatic carbocycles. The molecule has 0 fully saturated rings. The normalized spacial score (nSPS) is 11.3. The average Bonchev–Trinajstić information content (AvgIpc) is 3.15. The van der Waals surface area contributed by atoms with Gasteiger partial charge in [0.1, 0.15) is 11.2 Å². The standard InChI is InChI=1S/C19H11ClN4O4S/c20-13-6-12(17(25)15(7-13)24(27)28)8-22-23-10-21-18-16(19(23)26)14(9-29-18)11-4-2-1-3-5-11/h1-10,25H. The Morgan fingerprint density at radius 1 is 1.28 bits per heavy atom. The van der Waals surface area contributed by atoms with Gasteiger partial charge in [0.2, 0.25) is 5.75 Å². The monoisotopic (exact) mass is 426 g/mol. The van der Waals surface area contributed by atoms with Crippen molar-refractivity contribution in [3.8, 4) is 16.9 Å². The van der Waals surface area contributed by atoms with Gasteiger partial charge in [0.05, 0.1) is 16.5 Å². The van der Waals surface area contributed by atoms with Gasteiger partial charge >= 0.3 is 5.69 Å². The number of phenolic OH excluding ortho intramolecular Hbond substituents is 1. The molecule has 4 rings (SSSR count). The van der Waals surface area contributed by atoms with Crippen molar-refractivity contribution in [2.24, 2.45) is 5.10 Å². The van der Waals surface area contributed by atoms with E-state index in [1.807, 2.05) is 35.7 Å². The maximum atomic E-state index is 13.0. The van der Waals surface area contributed by atoms with Gasteiger partial charge in [-0.3, -0.25) is 14.9 Å². The summed E-state index contributed by atoms with van der Waals surface area (Å²) in [6.07, 6.45) is 2.38. The van der Waals surface area contributed by atoms with E-state index in [0.717, 1.165) is 28.1 Å². The van der Waals surface area contributed by atoms with Gasteiger partial charge in [0.25, 0.3) is 5.56 Å². The average molecular weight is 427 g/mol. The number of hydrogen-bond acceptors (Lipinski definition) is 7. The molecule has 10 heteroatoms. The van der Waals surface area contributed by atoms with E-state index in [4.69, 9.17) is 11.6 Å². The number of phenols is 1. The number of rotatable bonds is 4. The molecular formula is C19H11ClN4O4S. The lowest BCUT2D eigenvalue weighted by Gasteiger charge is -2.03. The number of aromatic hydroxyl groups is 1. The molecule has 2 heterocycles. The number of nitro benzene ring substituents is 1. The van der Waals surface area contributed by atoms with Crippen LogP contribution in [0.2, 0.25) is 5.02 Å². The molecule has 0 saturated carbocycles. The van der Waals surface area contributed by atoms with Crippen LogP contribution in [0, 0.1) is 10.1 Å². The van der Waals surface area contributed by atoms with Crippen LogP contribution in [0.15, 0.2) is 64.1 Å². The minimum atomic E-state index is -0.754. The first-order chi connectivity index (χ1) is 14.0. The van der Waals surface area contributed by atoms with Crippen LogP contribution in [0.25, 0.3) is 21.3 Å². The smallest absolute Gasteiger partial charge is 0.312 e. The van der Waals surface area contributed by atoms with Crippen LogP contribution in [0.1, 0.15) is 5.56 Å². The summed E-state index contributed by atoms with van der Waals surface area (Å²) in [5, 5.41) is 27.4. The number of aromatic nitrogens is 2. The van der Waals surface area contributed by atoms with E-state index in [-0.39, 0.29) is 10.6 Å². The Kier molecular flexibility index (Phi) is 4.83. The summed E-state index contributed by atoms with van der Waals surface area (Å²) in [5.74, 6) is -0.592. The van der Waals surface area contributed by atoms with Crippen LogP contribution < -0.4 is 5.56 Å². The zero-order chi connectivity index (χ0) is 20.5. The summed E-state index contributed by atoms with van der Waals surface area (Å²) in [5.41, 5.74) is 0.674. The van der Waals surface area contributed by atoms with E-state index < -0.39 is 21.9 Å². The van der Waals surface area contributed by atoms with Crippen LogP contribution in [0.5, 0.6) is 5.75 Å². The van der Waals surface area contributed by atoms with E-state index >= 15 is 0 Å². The third kappa shape index (κ3) is 3.48. The molecule has 1 N–H and O–H groups in total. The molecule has 0 amide bonds. The molecule has 0 bridgehead atoms. The maximum Gasteiger partial charge on any atom is 0.312 e. The quantitative estimate of drug-likeness (QED) is 0.297. The summed E-state index contributed by atoms with van der Waals surface area (Å²) < 4.78 is 1.01. The molecule has 0 aliphatic rings. The number of thiophene rings is 1. The summed E-state index contributed by atoms with van der Waals surface area (Å²) in [4.78, 5) is 28.0. The molecule has 0 aliphatic heterocycles. The topological polar surface area (TPSA) is 111 Å². The van der Waals surface area contributed by atoms with Gasteiger partial charge in [0, 0.05) is 27.6 Å². The fourth-order valence-electron chi connectivity index (χ4n) is 2.80. The van der Waals surface area contributed by atoms with Crippen molar-refractivity contribution in [3.63, 3.8) is 0 Å². The van der Waals surface area contributed by atoms with E-state index in [0.29, 0.717) is 10.2 Å².